The van der Waals surface area contributed by atoms with Gasteiger partial charge in [0.25, 0.3) is 0 Å². The zero-order chi connectivity index (χ0) is 32.7. The van der Waals surface area contributed by atoms with E-state index in [0.717, 1.165) is 16.7 Å². The normalized spacial score (nSPS) is 21.1. The predicted octanol–water partition coefficient (Wildman–Crippen LogP) is 2.45. The molecule has 242 valence electrons. The number of methoxy groups -OCH3 is 1. The summed E-state index contributed by atoms with van der Waals surface area (Å²) in [5.74, 6) is -0.490. The molecule has 2 aliphatic rings. The van der Waals surface area contributed by atoms with Gasteiger partial charge in [0.15, 0.2) is 11.4 Å². The van der Waals surface area contributed by atoms with E-state index in [0.29, 0.717) is 25.2 Å². The van der Waals surface area contributed by atoms with Crippen molar-refractivity contribution in [2.75, 3.05) is 20.3 Å². The fourth-order valence-electron chi connectivity index (χ4n) is 5.73. The molecule has 5 atom stereocenters. The van der Waals surface area contributed by atoms with E-state index < -0.39 is 41.6 Å². The number of nitrogens with two attached hydrogens (primary N) is 1. The highest BCUT2D eigenvalue weighted by atomic mass is 16.5. The highest BCUT2D eigenvalue weighted by Gasteiger charge is 2.49. The Morgan fingerprint density at radius 3 is 2.52 bits per heavy atom. The highest BCUT2D eigenvalue weighted by molar-refractivity contribution is 5.96. The smallest absolute Gasteiger partial charge is 0.337 e. The molecule has 2 aromatic carbocycles. The molecule has 3 N–H and O–H groups in total. The fourth-order valence-corrected chi connectivity index (χ4v) is 5.73. The molecule has 0 spiro atoms. The van der Waals surface area contributed by atoms with Crippen molar-refractivity contribution < 1.29 is 28.6 Å². The molecule has 0 saturated carbocycles. The van der Waals surface area contributed by atoms with Crippen LogP contribution in [0.3, 0.4) is 0 Å². The summed E-state index contributed by atoms with van der Waals surface area (Å²) < 4.78 is 17.4. The van der Waals surface area contributed by atoms with Gasteiger partial charge in [0.1, 0.15) is 18.7 Å². The van der Waals surface area contributed by atoms with Crippen LogP contribution in [-0.4, -0.2) is 88.6 Å². The lowest BCUT2D eigenvalue weighted by molar-refractivity contribution is -0.147. The Morgan fingerprint density at radius 2 is 1.80 bits per heavy atom. The Hall–Kier alpha value is -4.68. The van der Waals surface area contributed by atoms with Crippen LogP contribution < -0.4 is 11.1 Å². The summed E-state index contributed by atoms with van der Waals surface area (Å²) in [6, 6.07) is 16.6. The number of aliphatic imine (C=N–C) groups is 1. The van der Waals surface area contributed by atoms with E-state index in [2.05, 4.69) is 15.3 Å². The largest absolute Gasteiger partial charge is 0.476 e. The topological polar surface area (TPSA) is 158 Å². The van der Waals surface area contributed by atoms with Gasteiger partial charge < -0.3 is 30.2 Å². The second-order valence-corrected chi connectivity index (χ2v) is 11.7. The Bertz CT molecular complexity index is 1550. The van der Waals surface area contributed by atoms with Crippen molar-refractivity contribution in [3.63, 3.8) is 0 Å². The molecule has 1 fully saturated rings. The first-order valence-electron chi connectivity index (χ1n) is 15.4. The Morgan fingerprint density at radius 1 is 1.07 bits per heavy atom. The van der Waals surface area contributed by atoms with Crippen LogP contribution in [0.15, 0.2) is 78.0 Å². The Balaban J connectivity index is 1.37. The maximum atomic E-state index is 14.1. The Kier molecular flexibility index (Phi) is 10.4. The lowest BCUT2D eigenvalue weighted by Crippen LogP contribution is -2.58. The number of rotatable bonds is 12. The third-order valence-electron chi connectivity index (χ3n) is 8.22. The van der Waals surface area contributed by atoms with Crippen LogP contribution in [0.1, 0.15) is 37.8 Å². The number of aromatic nitrogens is 2. The third kappa shape index (κ3) is 7.40. The second-order valence-electron chi connectivity index (χ2n) is 11.7. The van der Waals surface area contributed by atoms with Crippen LogP contribution in [0.5, 0.6) is 0 Å². The number of carbonyl (C=O) groups excluding carboxylic acids is 3. The van der Waals surface area contributed by atoms with Crippen LogP contribution in [0.4, 0.5) is 0 Å². The summed E-state index contributed by atoms with van der Waals surface area (Å²) >= 11 is 0. The van der Waals surface area contributed by atoms with Crippen molar-refractivity contribution in [2.24, 2.45) is 10.7 Å². The average molecular weight is 629 g/mol. The van der Waals surface area contributed by atoms with Gasteiger partial charge in [-0.1, -0.05) is 48.5 Å². The number of esters is 1. The van der Waals surface area contributed by atoms with E-state index in [-0.39, 0.29) is 31.4 Å². The number of nitrogens with zero attached hydrogens (tertiary/aromatic N) is 4. The van der Waals surface area contributed by atoms with Crippen molar-refractivity contribution >= 4 is 23.7 Å². The minimum atomic E-state index is -1.34. The van der Waals surface area contributed by atoms with Crippen LogP contribution >= 0.6 is 0 Å². The summed E-state index contributed by atoms with van der Waals surface area (Å²) in [6.45, 7) is 3.95. The summed E-state index contributed by atoms with van der Waals surface area (Å²) in [4.78, 5) is 55.2. The van der Waals surface area contributed by atoms with E-state index in [4.69, 9.17) is 24.9 Å². The summed E-state index contributed by atoms with van der Waals surface area (Å²) in [5.41, 5.74) is 7.06. The molecule has 5 rings (SSSR count). The summed E-state index contributed by atoms with van der Waals surface area (Å²) in [7, 11) is 1.32. The van der Waals surface area contributed by atoms with Crippen molar-refractivity contribution in [1.82, 2.24) is 20.2 Å². The standard InChI is InChI=1S/C34H40N6O6/c1-22(35)30(41)38-28(23(2)45-20-24-10-5-4-6-11-24)32(42)40-17-8-14-27(40)31-39-34(21-46-31,33(43)44-3)19-25-12-7-13-26(18-25)29-36-15-9-16-37-29/h4-7,9-13,15-16,18,22-23,27-28H,8,14,17,19-21,35H2,1-3H3,(H,38,41)/t22-,23+,27-,28-,34+/m0/s1. The zero-order valence-corrected chi connectivity index (χ0v) is 26.3. The fraction of sp³-hybridized carbons (Fsp3) is 0.412. The van der Waals surface area contributed by atoms with Crippen molar-refractivity contribution in [3.8, 4) is 11.4 Å². The number of benzene rings is 2. The molecule has 0 radical (unpaired) electrons. The molecular formula is C34H40N6O6. The van der Waals surface area contributed by atoms with Gasteiger partial charge in [-0.15, -0.1) is 0 Å². The highest BCUT2D eigenvalue weighted by Crippen LogP contribution is 2.32. The van der Waals surface area contributed by atoms with Gasteiger partial charge in [-0.3, -0.25) is 9.59 Å². The first-order valence-corrected chi connectivity index (χ1v) is 15.4. The molecule has 2 aliphatic heterocycles. The molecule has 1 saturated heterocycles. The molecule has 2 amide bonds. The van der Waals surface area contributed by atoms with Crippen molar-refractivity contribution in [3.05, 3.63) is 84.2 Å². The van der Waals surface area contributed by atoms with Crippen molar-refractivity contribution in [1.29, 1.82) is 0 Å². The number of carbonyl (C=O) groups is 3. The third-order valence-corrected chi connectivity index (χ3v) is 8.22. The van der Waals surface area contributed by atoms with E-state index in [1.54, 1.807) is 37.2 Å². The molecule has 46 heavy (non-hydrogen) atoms. The molecule has 0 bridgehead atoms. The molecule has 3 heterocycles. The van der Waals surface area contributed by atoms with Gasteiger partial charge in [0.2, 0.25) is 17.7 Å². The average Bonchev–Trinajstić information content (AvgIpc) is 3.74. The number of ether oxygens (including phenoxy) is 3. The molecule has 0 unspecified atom stereocenters. The molecule has 0 aliphatic carbocycles. The SMILES string of the molecule is COC(=O)[C@@]1(Cc2cccc(-c3ncccn3)c2)COC([C@@H]2CCCN2C(=O)[C@@H](NC(=O)[C@H](C)N)[C@@H](C)OCc2ccccc2)=N1. The van der Waals surface area contributed by atoms with Gasteiger partial charge in [-0.2, -0.15) is 0 Å². The summed E-state index contributed by atoms with van der Waals surface area (Å²) in [5, 5.41) is 2.79. The molecule has 1 aromatic heterocycles. The minimum Gasteiger partial charge on any atom is -0.476 e. The number of nitrogens with one attached hydrogen (secondary N) is 1. The molecule has 12 heteroatoms. The monoisotopic (exact) mass is 628 g/mol. The van der Waals surface area contributed by atoms with Crippen LogP contribution in [0.2, 0.25) is 0 Å². The lowest BCUT2D eigenvalue weighted by atomic mass is 9.91. The molecule has 3 aromatic rings. The molecule has 12 nitrogen and oxygen atoms in total. The number of likely N-dealkylation sites (tertiary alicyclic amines) is 1. The quantitative estimate of drug-likeness (QED) is 0.288. The van der Waals surface area contributed by atoms with Gasteiger partial charge in [0.05, 0.1) is 25.9 Å². The second kappa shape index (κ2) is 14.6. The zero-order valence-electron chi connectivity index (χ0n) is 26.3. The molecular weight excluding hydrogens is 588 g/mol. The lowest BCUT2D eigenvalue weighted by Gasteiger charge is -2.32. The maximum Gasteiger partial charge on any atom is 0.337 e. The predicted molar refractivity (Wildman–Crippen MR) is 170 cm³/mol. The van der Waals surface area contributed by atoms with Crippen molar-refractivity contribution in [2.45, 2.75) is 69.5 Å². The number of hydrogen-bond acceptors (Lipinski definition) is 10. The van der Waals surface area contributed by atoms with E-state index in [1.807, 2.05) is 54.6 Å². The van der Waals surface area contributed by atoms with E-state index in [9.17, 15) is 14.4 Å². The van der Waals surface area contributed by atoms with E-state index in [1.165, 1.54) is 7.11 Å². The van der Waals surface area contributed by atoms with Crippen LogP contribution in [-0.2, 0) is 41.6 Å². The number of hydrogen-bond donors (Lipinski definition) is 2. The first-order chi connectivity index (χ1) is 22.2. The van der Waals surface area contributed by atoms with Gasteiger partial charge in [-0.05, 0) is 49.9 Å². The number of amides is 2. The van der Waals surface area contributed by atoms with Gasteiger partial charge >= 0.3 is 5.97 Å². The van der Waals surface area contributed by atoms with Crippen LogP contribution in [0.25, 0.3) is 11.4 Å². The minimum absolute atomic E-state index is 0.0406. The Labute approximate surface area is 268 Å². The van der Waals surface area contributed by atoms with Gasteiger partial charge in [0, 0.05) is 30.9 Å². The van der Waals surface area contributed by atoms with Crippen LogP contribution in [0, 0.1) is 0 Å². The maximum absolute atomic E-state index is 14.1. The summed E-state index contributed by atoms with van der Waals surface area (Å²) in [6.07, 6.45) is 4.15. The first kappa shape index (κ1) is 32.7. The van der Waals surface area contributed by atoms with E-state index >= 15 is 0 Å². The van der Waals surface area contributed by atoms with Gasteiger partial charge in [-0.25, -0.2) is 19.8 Å².